The molecule has 0 aliphatic heterocycles. The van der Waals surface area contributed by atoms with E-state index >= 15 is 0 Å². The van der Waals surface area contributed by atoms with Gasteiger partial charge in [-0.05, 0) is 23.3 Å². The summed E-state index contributed by atoms with van der Waals surface area (Å²) in [7, 11) is 0. The Bertz CT molecular complexity index is 998. The quantitative estimate of drug-likeness (QED) is 0.588. The molecule has 2 heterocycles. The van der Waals surface area contributed by atoms with Crippen LogP contribution in [0.4, 0.5) is 5.69 Å². The third kappa shape index (κ3) is 3.32. The minimum absolute atomic E-state index is 0.660. The Kier molecular flexibility index (Phi) is 4.31. The molecular formula is C19H16ClN5. The molecule has 0 aliphatic carbocycles. The van der Waals surface area contributed by atoms with E-state index in [-0.39, 0.29) is 0 Å². The van der Waals surface area contributed by atoms with Crippen molar-refractivity contribution >= 4 is 28.2 Å². The van der Waals surface area contributed by atoms with Gasteiger partial charge in [0.25, 0.3) is 0 Å². The van der Waals surface area contributed by atoms with Crippen LogP contribution in [0.25, 0.3) is 10.9 Å². The van der Waals surface area contributed by atoms with Crippen LogP contribution in [0.2, 0.25) is 5.02 Å². The second-order valence-electron chi connectivity index (χ2n) is 5.71. The van der Waals surface area contributed by atoms with Crippen LogP contribution >= 0.6 is 11.6 Å². The second kappa shape index (κ2) is 6.91. The van der Waals surface area contributed by atoms with Crippen molar-refractivity contribution in [2.75, 3.05) is 5.32 Å². The molecule has 2 aromatic carbocycles. The van der Waals surface area contributed by atoms with Crippen molar-refractivity contribution in [2.45, 2.75) is 13.1 Å². The number of anilines is 1. The number of nitrogens with zero attached hydrogens (tertiary/aromatic N) is 4. The highest BCUT2D eigenvalue weighted by atomic mass is 35.5. The molecule has 25 heavy (non-hydrogen) atoms. The largest absolute Gasteiger partial charge is 0.380 e. The van der Waals surface area contributed by atoms with E-state index in [2.05, 4.69) is 32.5 Å². The molecule has 0 aliphatic rings. The van der Waals surface area contributed by atoms with E-state index in [0.717, 1.165) is 16.6 Å². The number of benzene rings is 2. The maximum absolute atomic E-state index is 6.25. The van der Waals surface area contributed by atoms with Gasteiger partial charge in [-0.3, -0.25) is 4.98 Å². The monoisotopic (exact) mass is 349 g/mol. The number of hydrogen-bond acceptors (Lipinski definition) is 4. The third-order valence-electron chi connectivity index (χ3n) is 4.11. The van der Waals surface area contributed by atoms with Gasteiger partial charge >= 0.3 is 0 Å². The summed E-state index contributed by atoms with van der Waals surface area (Å²) in [6, 6.07) is 16.1. The molecule has 124 valence electrons. The standard InChI is InChI=1S/C19H16ClN5/c20-17-7-3-6-16-18(8-9-22-19(16)17)23-10-14-4-1-2-5-15(14)11-25-13-21-12-24-25/h1-9,12-13H,10-11H2,(H,22,23). The van der Waals surface area contributed by atoms with Crippen LogP contribution in [0.3, 0.4) is 0 Å². The van der Waals surface area contributed by atoms with E-state index < -0.39 is 0 Å². The highest BCUT2D eigenvalue weighted by Gasteiger charge is 2.07. The number of fused-ring (bicyclic) bond motifs is 1. The zero-order valence-electron chi connectivity index (χ0n) is 13.4. The van der Waals surface area contributed by atoms with E-state index in [9.17, 15) is 0 Å². The molecule has 2 aromatic heterocycles. The van der Waals surface area contributed by atoms with Crippen molar-refractivity contribution in [2.24, 2.45) is 0 Å². The molecule has 4 aromatic rings. The Morgan fingerprint density at radius 1 is 1.00 bits per heavy atom. The Labute approximate surface area is 150 Å². The van der Waals surface area contributed by atoms with Crippen LogP contribution in [0.5, 0.6) is 0 Å². The third-order valence-corrected chi connectivity index (χ3v) is 4.41. The number of hydrogen-bond donors (Lipinski definition) is 1. The lowest BCUT2D eigenvalue weighted by Gasteiger charge is -2.13. The van der Waals surface area contributed by atoms with Gasteiger partial charge in [0, 0.05) is 23.8 Å². The highest BCUT2D eigenvalue weighted by Crippen LogP contribution is 2.27. The number of aromatic nitrogens is 4. The fourth-order valence-corrected chi connectivity index (χ4v) is 3.08. The number of pyridine rings is 1. The minimum Gasteiger partial charge on any atom is -0.380 e. The van der Waals surface area contributed by atoms with Crippen LogP contribution < -0.4 is 5.32 Å². The zero-order chi connectivity index (χ0) is 17.1. The Balaban J connectivity index is 1.59. The lowest BCUT2D eigenvalue weighted by Crippen LogP contribution is -2.07. The predicted octanol–water partition coefficient (Wildman–Crippen LogP) is 4.14. The molecular weight excluding hydrogens is 334 g/mol. The topological polar surface area (TPSA) is 55.6 Å². The molecule has 0 radical (unpaired) electrons. The van der Waals surface area contributed by atoms with Gasteiger partial charge in [-0.25, -0.2) is 9.67 Å². The summed E-state index contributed by atoms with van der Waals surface area (Å²) < 4.78 is 1.82. The van der Waals surface area contributed by atoms with Gasteiger partial charge in [0.15, 0.2) is 0 Å². The number of rotatable bonds is 5. The van der Waals surface area contributed by atoms with Gasteiger partial charge < -0.3 is 5.32 Å². The summed E-state index contributed by atoms with van der Waals surface area (Å²) in [5.41, 5.74) is 4.25. The molecule has 0 amide bonds. The Morgan fingerprint density at radius 3 is 2.72 bits per heavy atom. The first-order valence-corrected chi connectivity index (χ1v) is 8.35. The van der Waals surface area contributed by atoms with Crippen molar-refractivity contribution < 1.29 is 0 Å². The molecule has 0 saturated heterocycles. The first-order valence-electron chi connectivity index (χ1n) is 7.97. The van der Waals surface area contributed by atoms with Crippen molar-refractivity contribution in [3.05, 3.63) is 83.5 Å². The van der Waals surface area contributed by atoms with Crippen molar-refractivity contribution in [3.63, 3.8) is 0 Å². The second-order valence-corrected chi connectivity index (χ2v) is 6.12. The smallest absolute Gasteiger partial charge is 0.137 e. The molecule has 0 unspecified atom stereocenters. The predicted molar refractivity (Wildman–Crippen MR) is 99.6 cm³/mol. The first-order chi connectivity index (χ1) is 12.3. The highest BCUT2D eigenvalue weighted by molar-refractivity contribution is 6.35. The van der Waals surface area contributed by atoms with Crippen LogP contribution in [0.1, 0.15) is 11.1 Å². The van der Waals surface area contributed by atoms with Crippen LogP contribution in [0, 0.1) is 0 Å². The molecule has 0 bridgehead atoms. The summed E-state index contributed by atoms with van der Waals surface area (Å²) in [5, 5.41) is 9.37. The summed E-state index contributed by atoms with van der Waals surface area (Å²) in [4.78, 5) is 8.37. The van der Waals surface area contributed by atoms with Crippen molar-refractivity contribution in [3.8, 4) is 0 Å². The van der Waals surface area contributed by atoms with Gasteiger partial charge in [0.05, 0.1) is 17.1 Å². The van der Waals surface area contributed by atoms with E-state index in [1.807, 2.05) is 41.1 Å². The van der Waals surface area contributed by atoms with Crippen LogP contribution in [0.15, 0.2) is 67.4 Å². The number of nitrogens with one attached hydrogen (secondary N) is 1. The maximum Gasteiger partial charge on any atom is 0.137 e. The van der Waals surface area contributed by atoms with Gasteiger partial charge in [-0.1, -0.05) is 48.0 Å². The van der Waals surface area contributed by atoms with Crippen LogP contribution in [-0.4, -0.2) is 19.7 Å². The van der Waals surface area contributed by atoms with E-state index in [4.69, 9.17) is 11.6 Å². The molecule has 0 saturated carbocycles. The fraction of sp³-hybridized carbons (Fsp3) is 0.105. The normalized spacial score (nSPS) is 10.9. The molecule has 1 N–H and O–H groups in total. The first kappa shape index (κ1) is 15.6. The average molecular weight is 350 g/mol. The van der Waals surface area contributed by atoms with Crippen LogP contribution in [-0.2, 0) is 13.1 Å². The van der Waals surface area contributed by atoms with Crippen molar-refractivity contribution in [1.82, 2.24) is 19.7 Å². The van der Waals surface area contributed by atoms with Gasteiger partial charge in [-0.2, -0.15) is 5.10 Å². The van der Waals surface area contributed by atoms with E-state index in [1.165, 1.54) is 11.1 Å². The average Bonchev–Trinajstić information content (AvgIpc) is 3.15. The lowest BCUT2D eigenvalue weighted by atomic mass is 10.1. The molecule has 0 atom stereocenters. The number of para-hydroxylation sites is 1. The van der Waals surface area contributed by atoms with E-state index in [0.29, 0.717) is 18.1 Å². The van der Waals surface area contributed by atoms with Gasteiger partial charge in [-0.15, -0.1) is 0 Å². The molecule has 0 spiro atoms. The summed E-state index contributed by atoms with van der Waals surface area (Å²) in [6.45, 7) is 1.40. The summed E-state index contributed by atoms with van der Waals surface area (Å²) in [6.07, 6.45) is 5.05. The molecule has 4 rings (SSSR count). The minimum atomic E-state index is 0.660. The van der Waals surface area contributed by atoms with Gasteiger partial charge in [0.1, 0.15) is 12.7 Å². The number of halogens is 1. The SMILES string of the molecule is Clc1cccc2c(NCc3ccccc3Cn3cncn3)ccnc12. The Hall–Kier alpha value is -2.92. The lowest BCUT2D eigenvalue weighted by molar-refractivity contribution is 0.680. The fourth-order valence-electron chi connectivity index (χ4n) is 2.86. The van der Waals surface area contributed by atoms with E-state index in [1.54, 1.807) is 18.9 Å². The van der Waals surface area contributed by atoms with Crippen molar-refractivity contribution in [1.29, 1.82) is 0 Å². The summed E-state index contributed by atoms with van der Waals surface area (Å²) in [5.74, 6) is 0. The molecule has 6 heteroatoms. The van der Waals surface area contributed by atoms with Gasteiger partial charge in [0.2, 0.25) is 0 Å². The molecule has 5 nitrogen and oxygen atoms in total. The molecule has 0 fully saturated rings. The Morgan fingerprint density at radius 2 is 1.88 bits per heavy atom. The zero-order valence-corrected chi connectivity index (χ0v) is 14.2. The summed E-state index contributed by atoms with van der Waals surface area (Å²) >= 11 is 6.25. The maximum atomic E-state index is 6.25.